The molecule has 0 heterocycles. The Morgan fingerprint density at radius 1 is 1.20 bits per heavy atom. The second-order valence-corrected chi connectivity index (χ2v) is 5.21. The molecule has 4 nitrogen and oxygen atoms in total. The first-order chi connectivity index (χ1) is 9.60. The van der Waals surface area contributed by atoms with Crippen LogP contribution < -0.4 is 16.4 Å². The molecule has 20 heavy (non-hydrogen) atoms. The van der Waals surface area contributed by atoms with Crippen LogP contribution in [-0.2, 0) is 0 Å². The molecule has 4 N–H and O–H groups in total. The van der Waals surface area contributed by atoms with E-state index in [1.807, 2.05) is 37.3 Å². The minimum Gasteiger partial charge on any atom is -0.399 e. The van der Waals surface area contributed by atoms with Gasteiger partial charge in [-0.3, -0.25) is 4.79 Å². The average molecular weight is 334 g/mol. The summed E-state index contributed by atoms with van der Waals surface area (Å²) in [5.41, 5.74) is 8.50. The number of rotatable bonds is 4. The predicted molar refractivity (Wildman–Crippen MR) is 86.3 cm³/mol. The van der Waals surface area contributed by atoms with Crippen molar-refractivity contribution in [3.8, 4) is 0 Å². The van der Waals surface area contributed by atoms with Crippen molar-refractivity contribution >= 4 is 38.9 Å². The van der Waals surface area contributed by atoms with Crippen molar-refractivity contribution in [2.24, 2.45) is 0 Å². The van der Waals surface area contributed by atoms with E-state index in [9.17, 15) is 4.79 Å². The van der Waals surface area contributed by atoms with Crippen molar-refractivity contribution in [1.29, 1.82) is 0 Å². The highest BCUT2D eigenvalue weighted by Gasteiger charge is 2.11. The van der Waals surface area contributed by atoms with Crippen LogP contribution in [0.15, 0.2) is 46.9 Å². The summed E-state index contributed by atoms with van der Waals surface area (Å²) in [5.74, 6) is -0.139. The molecule has 2 aromatic rings. The van der Waals surface area contributed by atoms with Crippen LogP contribution in [0.3, 0.4) is 0 Å². The molecule has 0 aliphatic carbocycles. The Morgan fingerprint density at radius 3 is 2.55 bits per heavy atom. The molecule has 0 fully saturated rings. The predicted octanol–water partition coefficient (Wildman–Crippen LogP) is 3.52. The third kappa shape index (κ3) is 3.51. The lowest BCUT2D eigenvalue weighted by atomic mass is 10.1. The van der Waals surface area contributed by atoms with Crippen LogP contribution in [0, 0.1) is 0 Å². The summed E-state index contributed by atoms with van der Waals surface area (Å²) >= 11 is 3.39. The monoisotopic (exact) mass is 333 g/mol. The molecule has 0 radical (unpaired) electrons. The molecule has 0 aliphatic rings. The molecular formula is C15H16BrN3O. The highest BCUT2D eigenvalue weighted by Crippen LogP contribution is 2.24. The minimum absolute atomic E-state index is 0.139. The van der Waals surface area contributed by atoms with Crippen molar-refractivity contribution < 1.29 is 4.79 Å². The fourth-order valence-corrected chi connectivity index (χ4v) is 2.07. The zero-order chi connectivity index (χ0) is 14.5. The van der Waals surface area contributed by atoms with Crippen LogP contribution in [0.2, 0.25) is 0 Å². The maximum absolute atomic E-state index is 12.0. The first kappa shape index (κ1) is 14.4. The van der Waals surface area contributed by atoms with E-state index in [1.165, 1.54) is 0 Å². The van der Waals surface area contributed by atoms with Crippen molar-refractivity contribution in [2.75, 3.05) is 17.6 Å². The normalized spacial score (nSPS) is 10.1. The zero-order valence-electron chi connectivity index (χ0n) is 11.1. The topological polar surface area (TPSA) is 67.2 Å². The van der Waals surface area contributed by atoms with E-state index in [2.05, 4.69) is 26.6 Å². The second-order valence-electron chi connectivity index (χ2n) is 4.30. The standard InChI is InChI=1S/C15H16BrN3O/c1-2-18-15(20)13-9-11(17)5-8-14(13)19-12-6-3-10(16)4-7-12/h3-9,19H,2,17H2,1H3,(H,18,20). The van der Waals surface area contributed by atoms with Crippen LogP contribution >= 0.6 is 15.9 Å². The first-order valence-corrected chi connectivity index (χ1v) is 7.09. The second kappa shape index (κ2) is 6.43. The Labute approximate surface area is 126 Å². The summed E-state index contributed by atoms with van der Waals surface area (Å²) in [6, 6.07) is 13.0. The fourth-order valence-electron chi connectivity index (χ4n) is 1.80. The van der Waals surface area contributed by atoms with E-state index in [0.29, 0.717) is 17.8 Å². The summed E-state index contributed by atoms with van der Waals surface area (Å²) in [6.07, 6.45) is 0. The van der Waals surface area contributed by atoms with Gasteiger partial charge in [0.2, 0.25) is 0 Å². The number of anilines is 3. The molecule has 0 unspecified atom stereocenters. The number of nitrogens with one attached hydrogen (secondary N) is 2. The Balaban J connectivity index is 2.31. The molecule has 0 aromatic heterocycles. The van der Waals surface area contributed by atoms with Gasteiger partial charge in [0, 0.05) is 22.4 Å². The number of nitrogens with two attached hydrogens (primary N) is 1. The van der Waals surface area contributed by atoms with Crippen LogP contribution in [0.25, 0.3) is 0 Å². The third-order valence-electron chi connectivity index (χ3n) is 2.75. The van der Waals surface area contributed by atoms with Crippen LogP contribution in [-0.4, -0.2) is 12.5 Å². The molecule has 0 bridgehead atoms. The summed E-state index contributed by atoms with van der Waals surface area (Å²) < 4.78 is 1.00. The van der Waals surface area contributed by atoms with E-state index in [1.54, 1.807) is 12.1 Å². The van der Waals surface area contributed by atoms with Gasteiger partial charge in [0.15, 0.2) is 0 Å². The molecule has 2 aromatic carbocycles. The number of nitrogen functional groups attached to an aromatic ring is 1. The lowest BCUT2D eigenvalue weighted by molar-refractivity contribution is 0.0956. The quantitative estimate of drug-likeness (QED) is 0.750. The Hall–Kier alpha value is -2.01. The van der Waals surface area contributed by atoms with Crippen molar-refractivity contribution in [2.45, 2.75) is 6.92 Å². The van der Waals surface area contributed by atoms with Crippen LogP contribution in [0.1, 0.15) is 17.3 Å². The van der Waals surface area contributed by atoms with E-state index in [4.69, 9.17) is 5.73 Å². The highest BCUT2D eigenvalue weighted by molar-refractivity contribution is 9.10. The van der Waals surface area contributed by atoms with Gasteiger partial charge in [0.1, 0.15) is 0 Å². The maximum atomic E-state index is 12.0. The van der Waals surface area contributed by atoms with Crippen LogP contribution in [0.4, 0.5) is 17.1 Å². The number of benzene rings is 2. The van der Waals surface area contributed by atoms with Crippen molar-refractivity contribution in [3.05, 3.63) is 52.5 Å². The van der Waals surface area contributed by atoms with Gasteiger partial charge in [0.25, 0.3) is 5.91 Å². The first-order valence-electron chi connectivity index (χ1n) is 6.30. The van der Waals surface area contributed by atoms with Crippen LogP contribution in [0.5, 0.6) is 0 Å². The molecule has 0 spiro atoms. The lowest BCUT2D eigenvalue weighted by Crippen LogP contribution is -2.23. The van der Waals surface area contributed by atoms with Gasteiger partial charge in [-0.1, -0.05) is 15.9 Å². The number of halogens is 1. The van der Waals surface area contributed by atoms with Gasteiger partial charge in [0.05, 0.1) is 11.3 Å². The van der Waals surface area contributed by atoms with Gasteiger partial charge in [-0.2, -0.15) is 0 Å². The van der Waals surface area contributed by atoms with Gasteiger partial charge in [-0.25, -0.2) is 0 Å². The van der Waals surface area contributed by atoms with Gasteiger partial charge in [-0.15, -0.1) is 0 Å². The Morgan fingerprint density at radius 2 is 1.90 bits per heavy atom. The van der Waals surface area contributed by atoms with Gasteiger partial charge < -0.3 is 16.4 Å². The molecule has 0 saturated heterocycles. The Bertz CT molecular complexity index is 611. The van der Waals surface area contributed by atoms with Gasteiger partial charge in [-0.05, 0) is 49.4 Å². The van der Waals surface area contributed by atoms with Crippen molar-refractivity contribution in [3.63, 3.8) is 0 Å². The van der Waals surface area contributed by atoms with E-state index >= 15 is 0 Å². The highest BCUT2D eigenvalue weighted by atomic mass is 79.9. The zero-order valence-corrected chi connectivity index (χ0v) is 12.7. The number of carbonyl (C=O) groups excluding carboxylic acids is 1. The molecule has 1 amide bonds. The lowest BCUT2D eigenvalue weighted by Gasteiger charge is -2.12. The Kier molecular flexibility index (Phi) is 4.63. The molecule has 0 aliphatic heterocycles. The van der Waals surface area contributed by atoms with E-state index in [-0.39, 0.29) is 5.91 Å². The summed E-state index contributed by atoms with van der Waals surface area (Å²) in [7, 11) is 0. The number of hydrogen-bond donors (Lipinski definition) is 3. The van der Waals surface area contributed by atoms with Crippen molar-refractivity contribution in [1.82, 2.24) is 5.32 Å². The summed E-state index contributed by atoms with van der Waals surface area (Å²) in [4.78, 5) is 12.0. The number of amides is 1. The SMILES string of the molecule is CCNC(=O)c1cc(N)ccc1Nc1ccc(Br)cc1. The molecular weight excluding hydrogens is 318 g/mol. The molecule has 5 heteroatoms. The van der Waals surface area contributed by atoms with E-state index < -0.39 is 0 Å². The molecule has 0 saturated carbocycles. The number of carbonyl (C=O) groups is 1. The summed E-state index contributed by atoms with van der Waals surface area (Å²) in [5, 5.41) is 6.01. The average Bonchev–Trinajstić information content (AvgIpc) is 2.43. The summed E-state index contributed by atoms with van der Waals surface area (Å²) in [6.45, 7) is 2.46. The van der Waals surface area contributed by atoms with Gasteiger partial charge >= 0.3 is 0 Å². The molecule has 2 rings (SSSR count). The fraction of sp³-hybridized carbons (Fsp3) is 0.133. The third-order valence-corrected chi connectivity index (χ3v) is 3.28. The minimum atomic E-state index is -0.139. The number of hydrogen-bond acceptors (Lipinski definition) is 3. The molecule has 104 valence electrons. The van der Waals surface area contributed by atoms with E-state index in [0.717, 1.165) is 15.8 Å². The smallest absolute Gasteiger partial charge is 0.253 e. The largest absolute Gasteiger partial charge is 0.399 e. The maximum Gasteiger partial charge on any atom is 0.253 e. The molecule has 0 atom stereocenters.